The monoisotopic (exact) mass is 391 g/mol. The van der Waals surface area contributed by atoms with E-state index in [2.05, 4.69) is 20.2 Å². The summed E-state index contributed by atoms with van der Waals surface area (Å²) >= 11 is 0. The minimum absolute atomic E-state index is 0.0974. The molecule has 0 spiro atoms. The van der Waals surface area contributed by atoms with Crippen molar-refractivity contribution in [1.29, 1.82) is 0 Å². The topological polar surface area (TPSA) is 91.6 Å². The quantitative estimate of drug-likeness (QED) is 0.715. The third-order valence-corrected chi connectivity index (χ3v) is 4.82. The van der Waals surface area contributed by atoms with Gasteiger partial charge in [0, 0.05) is 57.0 Å². The number of rotatable bonds is 5. The second-order valence-corrected chi connectivity index (χ2v) is 6.70. The van der Waals surface area contributed by atoms with Crippen molar-refractivity contribution in [3.63, 3.8) is 0 Å². The molecule has 4 heterocycles. The van der Waals surface area contributed by atoms with Gasteiger partial charge in [-0.25, -0.2) is 0 Å². The fourth-order valence-corrected chi connectivity index (χ4v) is 3.24. The lowest BCUT2D eigenvalue weighted by Gasteiger charge is -2.35. The smallest absolute Gasteiger partial charge is 0.289 e. The third kappa shape index (κ3) is 4.43. The molecule has 2 amide bonds. The summed E-state index contributed by atoms with van der Waals surface area (Å²) in [7, 11) is 0. The highest BCUT2D eigenvalue weighted by molar-refractivity contribution is 5.93. The third-order valence-electron chi connectivity index (χ3n) is 4.82. The lowest BCUT2D eigenvalue weighted by molar-refractivity contribution is 0.0714. The summed E-state index contributed by atoms with van der Waals surface area (Å²) in [4.78, 5) is 37.0. The van der Waals surface area contributed by atoms with Crippen molar-refractivity contribution in [3.8, 4) is 0 Å². The number of nitrogens with zero attached hydrogens (tertiary/aromatic N) is 4. The maximum atomic E-state index is 12.4. The van der Waals surface area contributed by atoms with Gasteiger partial charge in [0.05, 0.1) is 6.26 Å². The molecule has 29 heavy (non-hydrogen) atoms. The van der Waals surface area contributed by atoms with Crippen LogP contribution in [0.25, 0.3) is 0 Å². The summed E-state index contributed by atoms with van der Waals surface area (Å²) in [5, 5.41) is 2.86. The minimum atomic E-state index is -0.234. The van der Waals surface area contributed by atoms with Crippen LogP contribution in [0.3, 0.4) is 0 Å². The lowest BCUT2D eigenvalue weighted by atomic mass is 10.2. The molecule has 1 saturated heterocycles. The first-order chi connectivity index (χ1) is 14.2. The standard InChI is InChI=1S/C21H21N5O3/c27-20(24-15-16-3-1-6-22-14-16)18-13-17(5-7-23-18)25-8-10-26(11-9-25)21(28)19-4-2-12-29-19/h1-7,12-14H,8-11,15H2,(H,24,27). The zero-order valence-corrected chi connectivity index (χ0v) is 15.8. The highest BCUT2D eigenvalue weighted by Gasteiger charge is 2.24. The molecule has 3 aromatic heterocycles. The lowest BCUT2D eigenvalue weighted by Crippen LogP contribution is -2.48. The van der Waals surface area contributed by atoms with E-state index in [-0.39, 0.29) is 11.8 Å². The normalized spacial score (nSPS) is 13.9. The van der Waals surface area contributed by atoms with Crippen molar-refractivity contribution in [1.82, 2.24) is 20.2 Å². The first kappa shape index (κ1) is 18.7. The van der Waals surface area contributed by atoms with Crippen molar-refractivity contribution in [2.24, 2.45) is 0 Å². The van der Waals surface area contributed by atoms with E-state index in [1.165, 1.54) is 6.26 Å². The molecule has 0 radical (unpaired) electrons. The number of anilines is 1. The van der Waals surface area contributed by atoms with Crippen LogP contribution < -0.4 is 10.2 Å². The maximum Gasteiger partial charge on any atom is 0.289 e. The van der Waals surface area contributed by atoms with Gasteiger partial charge < -0.3 is 19.5 Å². The Kier molecular flexibility index (Phi) is 5.51. The Morgan fingerprint density at radius 2 is 1.93 bits per heavy atom. The fourth-order valence-electron chi connectivity index (χ4n) is 3.24. The molecule has 1 N–H and O–H groups in total. The number of carbonyl (C=O) groups is 2. The van der Waals surface area contributed by atoms with Gasteiger partial charge in [-0.2, -0.15) is 0 Å². The summed E-state index contributed by atoms with van der Waals surface area (Å²) < 4.78 is 5.20. The predicted molar refractivity (Wildman–Crippen MR) is 106 cm³/mol. The van der Waals surface area contributed by atoms with E-state index in [1.807, 2.05) is 18.2 Å². The SMILES string of the molecule is O=C(NCc1cccnc1)c1cc(N2CCN(C(=O)c3ccco3)CC2)ccn1. The van der Waals surface area contributed by atoms with Gasteiger partial charge in [-0.15, -0.1) is 0 Å². The molecule has 0 aromatic carbocycles. The van der Waals surface area contributed by atoms with Gasteiger partial charge in [0.25, 0.3) is 11.8 Å². The second-order valence-electron chi connectivity index (χ2n) is 6.70. The molecule has 148 valence electrons. The van der Waals surface area contributed by atoms with Gasteiger partial charge in [-0.1, -0.05) is 6.07 Å². The van der Waals surface area contributed by atoms with Crippen molar-refractivity contribution in [2.75, 3.05) is 31.1 Å². The number of amides is 2. The van der Waals surface area contributed by atoms with Crippen LogP contribution in [0.1, 0.15) is 26.6 Å². The van der Waals surface area contributed by atoms with Gasteiger partial charge in [-0.3, -0.25) is 19.6 Å². The van der Waals surface area contributed by atoms with E-state index in [0.717, 1.165) is 11.3 Å². The van der Waals surface area contributed by atoms with Crippen LogP contribution in [-0.4, -0.2) is 52.9 Å². The number of piperazine rings is 1. The summed E-state index contributed by atoms with van der Waals surface area (Å²) in [6.07, 6.45) is 6.54. The molecule has 0 aliphatic carbocycles. The highest BCUT2D eigenvalue weighted by atomic mass is 16.3. The molecule has 1 aliphatic heterocycles. The first-order valence-corrected chi connectivity index (χ1v) is 9.41. The van der Waals surface area contributed by atoms with Crippen molar-refractivity contribution in [3.05, 3.63) is 78.3 Å². The molecule has 8 heteroatoms. The zero-order chi connectivity index (χ0) is 20.1. The Bertz CT molecular complexity index is 967. The predicted octanol–water partition coefficient (Wildman–Crippen LogP) is 1.96. The molecule has 8 nitrogen and oxygen atoms in total. The van der Waals surface area contributed by atoms with Crippen molar-refractivity contribution >= 4 is 17.5 Å². The molecule has 1 aliphatic rings. The minimum Gasteiger partial charge on any atom is -0.459 e. The Morgan fingerprint density at radius 3 is 2.66 bits per heavy atom. The van der Waals surface area contributed by atoms with E-state index < -0.39 is 0 Å². The highest BCUT2D eigenvalue weighted by Crippen LogP contribution is 2.18. The Hall–Kier alpha value is -3.68. The van der Waals surface area contributed by atoms with Gasteiger partial charge in [0.2, 0.25) is 0 Å². The molecule has 1 fully saturated rings. The van der Waals surface area contributed by atoms with Gasteiger partial charge in [0.15, 0.2) is 5.76 Å². The van der Waals surface area contributed by atoms with Crippen LogP contribution >= 0.6 is 0 Å². The molecule has 0 bridgehead atoms. The van der Waals surface area contributed by atoms with Crippen molar-refractivity contribution < 1.29 is 14.0 Å². The summed E-state index contributed by atoms with van der Waals surface area (Å²) in [6.45, 7) is 2.92. The molecule has 0 atom stereocenters. The Morgan fingerprint density at radius 1 is 1.07 bits per heavy atom. The molecular formula is C21H21N5O3. The van der Waals surface area contributed by atoms with Gasteiger partial charge >= 0.3 is 0 Å². The molecule has 0 saturated carbocycles. The number of hydrogen-bond acceptors (Lipinski definition) is 6. The number of pyridine rings is 2. The number of furan rings is 1. The average molecular weight is 391 g/mol. The van der Waals surface area contributed by atoms with Gasteiger partial charge in [-0.05, 0) is 35.9 Å². The second kappa shape index (κ2) is 8.55. The largest absolute Gasteiger partial charge is 0.459 e. The van der Waals surface area contributed by atoms with Gasteiger partial charge in [0.1, 0.15) is 5.69 Å². The van der Waals surface area contributed by atoms with E-state index in [4.69, 9.17) is 4.42 Å². The maximum absolute atomic E-state index is 12.4. The molecule has 0 unspecified atom stereocenters. The van der Waals surface area contributed by atoms with E-state index >= 15 is 0 Å². The summed E-state index contributed by atoms with van der Waals surface area (Å²) in [5.74, 6) is 0.0251. The van der Waals surface area contributed by atoms with Crippen LogP contribution in [0.15, 0.2) is 65.7 Å². The van der Waals surface area contributed by atoms with Crippen LogP contribution in [0.5, 0.6) is 0 Å². The van der Waals surface area contributed by atoms with Crippen LogP contribution in [-0.2, 0) is 6.54 Å². The van der Waals surface area contributed by atoms with E-state index in [9.17, 15) is 9.59 Å². The number of hydrogen-bond donors (Lipinski definition) is 1. The number of aromatic nitrogens is 2. The number of nitrogens with one attached hydrogen (secondary N) is 1. The average Bonchev–Trinajstić information content (AvgIpc) is 3.33. The fraction of sp³-hybridized carbons (Fsp3) is 0.238. The van der Waals surface area contributed by atoms with E-state index in [1.54, 1.807) is 41.7 Å². The molecular weight excluding hydrogens is 370 g/mol. The van der Waals surface area contributed by atoms with Crippen molar-refractivity contribution in [2.45, 2.75) is 6.54 Å². The van der Waals surface area contributed by atoms with Crippen LogP contribution in [0.4, 0.5) is 5.69 Å². The van der Waals surface area contributed by atoms with E-state index in [0.29, 0.717) is 44.2 Å². The number of carbonyl (C=O) groups excluding carboxylic acids is 2. The summed E-state index contributed by atoms with van der Waals surface area (Å²) in [5.41, 5.74) is 2.20. The van der Waals surface area contributed by atoms with Crippen LogP contribution in [0.2, 0.25) is 0 Å². The first-order valence-electron chi connectivity index (χ1n) is 9.41. The molecule has 4 rings (SSSR count). The Balaban J connectivity index is 1.35. The van der Waals surface area contributed by atoms with Crippen LogP contribution in [0, 0.1) is 0 Å². The Labute approximate surface area is 168 Å². The zero-order valence-electron chi connectivity index (χ0n) is 15.8. The molecule has 3 aromatic rings. The summed E-state index contributed by atoms with van der Waals surface area (Å²) in [6, 6.07) is 10.8.